The number of hydrogen-bond donors (Lipinski definition) is 0. The van der Waals surface area contributed by atoms with Gasteiger partial charge in [0, 0.05) is 9.86 Å². The molecule has 216 valence electrons. The van der Waals surface area contributed by atoms with E-state index in [1.807, 2.05) is 49.4 Å². The summed E-state index contributed by atoms with van der Waals surface area (Å²) in [5, 5.41) is 6.80. The predicted molar refractivity (Wildman–Crippen MR) is 178 cm³/mol. The van der Waals surface area contributed by atoms with E-state index in [0.717, 1.165) is 15.4 Å². The predicted octanol–water partition coefficient (Wildman–Crippen LogP) is 9.50. The molecule has 0 spiro atoms. The van der Waals surface area contributed by atoms with E-state index >= 15 is 0 Å². The normalized spacial score (nSPS) is 11.6. The lowest BCUT2D eigenvalue weighted by Gasteiger charge is -2.15. The first-order valence-electron chi connectivity index (χ1n) is 13.1. The SMILES string of the molecule is CCOc1cc(C=Nn2c(-c3cc4cc(Br)ccc4o3)nc3ccccc3c2=O)cc(Br)c1OCc1ccc(Cl)c(Cl)c1. The van der Waals surface area contributed by atoms with Crippen molar-refractivity contribution in [3.05, 3.63) is 119 Å². The van der Waals surface area contributed by atoms with Crippen molar-refractivity contribution in [2.45, 2.75) is 13.5 Å². The first-order valence-corrected chi connectivity index (χ1v) is 15.4. The van der Waals surface area contributed by atoms with Crippen LogP contribution in [-0.2, 0) is 6.61 Å². The van der Waals surface area contributed by atoms with Gasteiger partial charge in [0.25, 0.3) is 5.56 Å². The second-order valence-corrected chi connectivity index (χ2v) is 12.0. The zero-order valence-electron chi connectivity index (χ0n) is 22.5. The van der Waals surface area contributed by atoms with Crippen LogP contribution in [-0.4, -0.2) is 22.5 Å². The Labute approximate surface area is 272 Å². The summed E-state index contributed by atoms with van der Waals surface area (Å²) in [6, 6.07) is 23.6. The average molecular weight is 742 g/mol. The molecule has 0 radical (unpaired) electrons. The Hall–Kier alpha value is -3.63. The maximum Gasteiger partial charge on any atom is 0.282 e. The van der Waals surface area contributed by atoms with Crippen molar-refractivity contribution in [2.24, 2.45) is 5.10 Å². The Morgan fingerprint density at radius 3 is 2.63 bits per heavy atom. The Morgan fingerprint density at radius 1 is 0.977 bits per heavy atom. The van der Waals surface area contributed by atoms with E-state index in [2.05, 4.69) is 37.0 Å². The molecular weight excluding hydrogens is 721 g/mol. The quantitative estimate of drug-likeness (QED) is 0.145. The number of fused-ring (bicyclic) bond motifs is 2. The van der Waals surface area contributed by atoms with Gasteiger partial charge in [0.2, 0.25) is 5.82 Å². The third-order valence-electron chi connectivity index (χ3n) is 6.47. The third kappa shape index (κ3) is 6.21. The van der Waals surface area contributed by atoms with Gasteiger partial charge in [-0.15, -0.1) is 0 Å². The highest BCUT2D eigenvalue weighted by molar-refractivity contribution is 9.10. The molecule has 2 heterocycles. The summed E-state index contributed by atoms with van der Waals surface area (Å²) in [6.45, 7) is 2.55. The van der Waals surface area contributed by atoms with E-state index in [1.54, 1.807) is 42.6 Å². The number of benzene rings is 4. The third-order valence-corrected chi connectivity index (χ3v) is 8.30. The van der Waals surface area contributed by atoms with Crippen molar-refractivity contribution >= 4 is 83.1 Å². The number of nitrogens with zero attached hydrogens (tertiary/aromatic N) is 3. The maximum absolute atomic E-state index is 13.7. The van der Waals surface area contributed by atoms with Gasteiger partial charge in [-0.2, -0.15) is 9.78 Å². The van der Waals surface area contributed by atoms with Gasteiger partial charge in [-0.1, -0.05) is 57.3 Å². The topological polar surface area (TPSA) is 78.9 Å². The molecule has 0 saturated heterocycles. The van der Waals surface area contributed by atoms with Crippen molar-refractivity contribution in [1.29, 1.82) is 0 Å². The largest absolute Gasteiger partial charge is 0.490 e. The fourth-order valence-corrected chi connectivity index (χ4v) is 5.76. The minimum atomic E-state index is -0.329. The molecule has 0 bridgehead atoms. The number of halogens is 4. The van der Waals surface area contributed by atoms with Gasteiger partial charge < -0.3 is 13.9 Å². The molecule has 0 N–H and O–H groups in total. The minimum absolute atomic E-state index is 0.249. The molecule has 0 aliphatic rings. The number of furan rings is 1. The summed E-state index contributed by atoms with van der Waals surface area (Å²) in [6.07, 6.45) is 1.57. The van der Waals surface area contributed by atoms with Crippen molar-refractivity contribution in [1.82, 2.24) is 9.66 Å². The molecule has 0 amide bonds. The van der Waals surface area contributed by atoms with Crippen LogP contribution >= 0.6 is 55.1 Å². The number of para-hydroxylation sites is 1. The smallest absolute Gasteiger partial charge is 0.282 e. The molecule has 0 aliphatic carbocycles. The highest BCUT2D eigenvalue weighted by Gasteiger charge is 2.17. The van der Waals surface area contributed by atoms with Crippen LogP contribution in [0, 0.1) is 0 Å². The maximum atomic E-state index is 13.7. The van der Waals surface area contributed by atoms with E-state index in [1.165, 1.54) is 4.68 Å². The standard InChI is InChI=1S/C32H21Br2Cl2N3O4/c1-2-41-28-13-19(11-23(34)30(28)42-17-18-7-9-24(35)25(36)12-18)16-37-39-31(38-26-6-4-3-5-22(26)32(39)40)29-15-20-14-21(33)8-10-27(20)43-29/h3-16H,2,17H2,1H3. The van der Waals surface area contributed by atoms with Crippen LogP contribution in [0.2, 0.25) is 10.0 Å². The molecule has 0 fully saturated rings. The van der Waals surface area contributed by atoms with Crippen molar-refractivity contribution in [3.63, 3.8) is 0 Å². The van der Waals surface area contributed by atoms with Crippen LogP contribution in [0.25, 0.3) is 33.5 Å². The van der Waals surface area contributed by atoms with Gasteiger partial charge in [0.05, 0.1) is 38.2 Å². The first-order chi connectivity index (χ1) is 20.8. The number of hydrogen-bond acceptors (Lipinski definition) is 6. The van der Waals surface area contributed by atoms with Crippen LogP contribution in [0.1, 0.15) is 18.1 Å². The summed E-state index contributed by atoms with van der Waals surface area (Å²) < 4.78 is 20.9. The highest BCUT2D eigenvalue weighted by atomic mass is 79.9. The highest BCUT2D eigenvalue weighted by Crippen LogP contribution is 2.37. The number of aromatic nitrogens is 2. The van der Waals surface area contributed by atoms with Crippen LogP contribution in [0.15, 0.2) is 102 Å². The Bertz CT molecular complexity index is 2090. The lowest BCUT2D eigenvalue weighted by atomic mass is 10.2. The Balaban J connectivity index is 1.39. The average Bonchev–Trinajstić information content (AvgIpc) is 3.41. The van der Waals surface area contributed by atoms with Crippen molar-refractivity contribution < 1.29 is 13.9 Å². The Morgan fingerprint density at radius 2 is 1.81 bits per heavy atom. The molecule has 0 saturated carbocycles. The van der Waals surface area contributed by atoms with Gasteiger partial charge in [-0.3, -0.25) is 4.79 Å². The van der Waals surface area contributed by atoms with Gasteiger partial charge in [0.15, 0.2) is 17.3 Å². The van der Waals surface area contributed by atoms with E-state index in [-0.39, 0.29) is 18.0 Å². The van der Waals surface area contributed by atoms with E-state index < -0.39 is 0 Å². The summed E-state index contributed by atoms with van der Waals surface area (Å²) in [5.41, 5.74) is 2.39. The molecule has 2 aromatic heterocycles. The molecule has 7 nitrogen and oxygen atoms in total. The van der Waals surface area contributed by atoms with Crippen LogP contribution in [0.4, 0.5) is 0 Å². The zero-order chi connectivity index (χ0) is 30.1. The Kier molecular flexibility index (Phi) is 8.59. The summed E-state index contributed by atoms with van der Waals surface area (Å²) in [5.74, 6) is 1.71. The zero-order valence-corrected chi connectivity index (χ0v) is 27.2. The van der Waals surface area contributed by atoms with Crippen LogP contribution in [0.3, 0.4) is 0 Å². The van der Waals surface area contributed by atoms with E-state index in [0.29, 0.717) is 60.4 Å². The summed E-state index contributed by atoms with van der Waals surface area (Å²) in [4.78, 5) is 18.4. The second kappa shape index (κ2) is 12.5. The minimum Gasteiger partial charge on any atom is -0.490 e. The van der Waals surface area contributed by atoms with Crippen molar-refractivity contribution in [2.75, 3.05) is 6.61 Å². The molecule has 6 aromatic rings. The van der Waals surface area contributed by atoms with Crippen molar-refractivity contribution in [3.8, 4) is 23.1 Å². The van der Waals surface area contributed by atoms with Gasteiger partial charge in [-0.25, -0.2) is 4.98 Å². The molecule has 4 aromatic carbocycles. The van der Waals surface area contributed by atoms with Crippen LogP contribution in [0.5, 0.6) is 11.5 Å². The van der Waals surface area contributed by atoms with E-state index in [4.69, 9.17) is 42.1 Å². The second-order valence-electron chi connectivity index (χ2n) is 9.41. The lowest BCUT2D eigenvalue weighted by molar-refractivity contribution is 0.267. The fourth-order valence-electron chi connectivity index (χ4n) is 4.49. The summed E-state index contributed by atoms with van der Waals surface area (Å²) >= 11 is 19.3. The molecule has 0 unspecified atom stereocenters. The van der Waals surface area contributed by atoms with Gasteiger partial charge in [0.1, 0.15) is 12.2 Å². The lowest BCUT2D eigenvalue weighted by Crippen LogP contribution is -2.20. The first kappa shape index (κ1) is 29.4. The molecule has 0 atom stereocenters. The van der Waals surface area contributed by atoms with Crippen LogP contribution < -0.4 is 15.0 Å². The van der Waals surface area contributed by atoms with Gasteiger partial charge >= 0.3 is 0 Å². The monoisotopic (exact) mass is 739 g/mol. The number of rotatable bonds is 8. The molecule has 0 aliphatic heterocycles. The van der Waals surface area contributed by atoms with E-state index in [9.17, 15) is 4.79 Å². The molecule has 6 rings (SSSR count). The summed E-state index contributed by atoms with van der Waals surface area (Å²) in [7, 11) is 0. The molecule has 11 heteroatoms. The van der Waals surface area contributed by atoms with Gasteiger partial charge in [-0.05, 0) is 94.6 Å². The fraction of sp³-hybridized carbons (Fsp3) is 0.0938. The molecular formula is C32H21Br2Cl2N3O4. The number of ether oxygens (including phenoxy) is 2. The molecule has 43 heavy (non-hydrogen) atoms.